The summed E-state index contributed by atoms with van der Waals surface area (Å²) in [6.07, 6.45) is 13.4. The van der Waals surface area contributed by atoms with Gasteiger partial charge in [0.25, 0.3) is 0 Å². The normalized spacial score (nSPS) is 32.8. The quantitative estimate of drug-likeness (QED) is 0.303. The van der Waals surface area contributed by atoms with E-state index in [-0.39, 0.29) is 17.3 Å². The van der Waals surface area contributed by atoms with Crippen molar-refractivity contribution in [2.24, 2.45) is 5.92 Å². The summed E-state index contributed by atoms with van der Waals surface area (Å²) >= 11 is 0. The van der Waals surface area contributed by atoms with Gasteiger partial charge in [-0.05, 0) is 47.9 Å². The molecule has 2 aliphatic heterocycles. The van der Waals surface area contributed by atoms with E-state index in [2.05, 4.69) is 84.0 Å². The van der Waals surface area contributed by atoms with Gasteiger partial charge in [0.2, 0.25) is 8.32 Å². The van der Waals surface area contributed by atoms with Gasteiger partial charge in [-0.25, -0.2) is 0 Å². The first kappa shape index (κ1) is 23.3. The lowest BCUT2D eigenvalue weighted by Crippen LogP contribution is -2.54. The Balaban J connectivity index is 1.68. The molecule has 1 saturated carbocycles. The number of hydrogen-bond acceptors (Lipinski definition) is 2. The Morgan fingerprint density at radius 1 is 1.00 bits per heavy atom. The lowest BCUT2D eigenvalue weighted by atomic mass is 9.74. The summed E-state index contributed by atoms with van der Waals surface area (Å²) in [4.78, 5) is 0. The molecule has 4 atom stereocenters. The fourth-order valence-corrected chi connectivity index (χ4v) is 12.9. The predicted octanol–water partition coefficient (Wildman–Crippen LogP) is 7.84. The minimum Gasteiger partial charge on any atom is -0.410 e. The highest BCUT2D eigenvalue weighted by atomic mass is 28.4. The smallest absolute Gasteiger partial charge is 0.200 e. The molecule has 31 heavy (non-hydrogen) atoms. The third-order valence-electron chi connectivity index (χ3n) is 8.82. The molecular formula is C28H44O2Si. The first-order chi connectivity index (χ1) is 14.7. The van der Waals surface area contributed by atoms with E-state index >= 15 is 0 Å². The summed E-state index contributed by atoms with van der Waals surface area (Å²) in [5.74, 6) is 0.577. The van der Waals surface area contributed by atoms with Crippen LogP contribution >= 0.6 is 0 Å². The van der Waals surface area contributed by atoms with Crippen molar-refractivity contribution >= 4 is 8.32 Å². The Morgan fingerprint density at radius 3 is 2.32 bits per heavy atom. The predicted molar refractivity (Wildman–Crippen MR) is 133 cm³/mol. The molecule has 0 radical (unpaired) electrons. The maximum Gasteiger partial charge on any atom is 0.200 e. The van der Waals surface area contributed by atoms with E-state index in [1.807, 2.05) is 0 Å². The van der Waals surface area contributed by atoms with Crippen molar-refractivity contribution in [3.63, 3.8) is 0 Å². The second-order valence-electron chi connectivity index (χ2n) is 11.4. The third-order valence-corrected chi connectivity index (χ3v) is 14.9. The molecule has 2 heterocycles. The lowest BCUT2D eigenvalue weighted by Gasteiger charge is -2.47. The third kappa shape index (κ3) is 4.00. The van der Waals surface area contributed by atoms with Crippen molar-refractivity contribution < 1.29 is 9.16 Å². The molecular weight excluding hydrogens is 396 g/mol. The number of fused-ring (bicyclic) bond motifs is 1. The van der Waals surface area contributed by atoms with Crippen molar-refractivity contribution in [3.05, 3.63) is 48.0 Å². The lowest BCUT2D eigenvalue weighted by molar-refractivity contribution is -0.140. The standard InChI is InChI=1S/C28H44O2Si/c1-21(2)31(22(3)4,23(5)6)29-26-20-28-17-11-10-14-25(28)16-19-27(26,30-28)18-15-24-12-8-7-9-13-24/h7-9,12-13,16,19,21-23,25-26H,10-11,14-15,17-18,20H2,1-6H3/t25?,26-,27+,28+/m1/s1. The maximum atomic E-state index is 7.50. The highest BCUT2D eigenvalue weighted by Gasteiger charge is 2.62. The minimum atomic E-state index is -1.98. The number of benzene rings is 1. The zero-order valence-corrected chi connectivity index (χ0v) is 21.7. The van der Waals surface area contributed by atoms with E-state index in [1.54, 1.807) is 0 Å². The van der Waals surface area contributed by atoms with Gasteiger partial charge in [0.05, 0.1) is 11.7 Å². The Morgan fingerprint density at radius 2 is 1.68 bits per heavy atom. The molecule has 4 rings (SSSR count). The fourth-order valence-electron chi connectivity index (χ4n) is 7.36. The Bertz CT molecular complexity index is 749. The molecule has 1 aromatic rings. The van der Waals surface area contributed by atoms with Crippen molar-refractivity contribution in [3.8, 4) is 0 Å². The van der Waals surface area contributed by atoms with Gasteiger partial charge in [0, 0.05) is 12.3 Å². The highest BCUT2D eigenvalue weighted by Crippen LogP contribution is 2.57. The summed E-state index contributed by atoms with van der Waals surface area (Å²) < 4.78 is 14.7. The first-order valence-corrected chi connectivity index (χ1v) is 15.0. The average Bonchev–Trinajstić information content (AvgIpc) is 2.97. The van der Waals surface area contributed by atoms with Crippen molar-refractivity contribution in [2.45, 2.75) is 120 Å². The van der Waals surface area contributed by atoms with Crippen LogP contribution in [-0.4, -0.2) is 25.6 Å². The SMILES string of the molecule is CC(C)[Si](O[C@@H]1C[C@@]23CCCCC2C=C[C@]1(CCc1ccccc1)O3)(C(C)C)C(C)C. The molecule has 0 amide bonds. The van der Waals surface area contributed by atoms with E-state index in [1.165, 1.54) is 31.2 Å². The van der Waals surface area contributed by atoms with E-state index in [0.29, 0.717) is 22.5 Å². The summed E-state index contributed by atoms with van der Waals surface area (Å²) in [6.45, 7) is 14.4. The largest absolute Gasteiger partial charge is 0.410 e. The minimum absolute atomic E-state index is 0.0133. The molecule has 0 N–H and O–H groups in total. The molecule has 1 saturated heterocycles. The fraction of sp³-hybridized carbons (Fsp3) is 0.714. The van der Waals surface area contributed by atoms with Crippen LogP contribution in [0.1, 0.15) is 85.6 Å². The van der Waals surface area contributed by atoms with Crippen LogP contribution in [0, 0.1) is 5.92 Å². The number of rotatable bonds is 8. The summed E-state index contributed by atoms with van der Waals surface area (Å²) in [5.41, 5.74) is 2.95. The highest BCUT2D eigenvalue weighted by molar-refractivity contribution is 6.77. The summed E-state index contributed by atoms with van der Waals surface area (Å²) in [5, 5.41) is 0. The Kier molecular flexibility index (Phi) is 6.60. The van der Waals surface area contributed by atoms with E-state index in [4.69, 9.17) is 9.16 Å². The Hall–Kier alpha value is -0.903. The van der Waals surface area contributed by atoms with E-state index in [0.717, 1.165) is 19.3 Å². The molecule has 1 spiro atoms. The van der Waals surface area contributed by atoms with Crippen LogP contribution in [0.3, 0.4) is 0 Å². The van der Waals surface area contributed by atoms with Crippen LogP contribution in [0.2, 0.25) is 16.6 Å². The van der Waals surface area contributed by atoms with Crippen LogP contribution in [0.15, 0.2) is 42.5 Å². The van der Waals surface area contributed by atoms with Gasteiger partial charge in [-0.2, -0.15) is 0 Å². The van der Waals surface area contributed by atoms with Crippen molar-refractivity contribution in [1.29, 1.82) is 0 Å². The van der Waals surface area contributed by atoms with Crippen LogP contribution in [0.5, 0.6) is 0 Å². The average molecular weight is 441 g/mol. The molecule has 2 fully saturated rings. The van der Waals surface area contributed by atoms with Gasteiger partial charge >= 0.3 is 0 Å². The van der Waals surface area contributed by atoms with Crippen LogP contribution < -0.4 is 0 Å². The number of aryl methyl sites for hydroxylation is 1. The van der Waals surface area contributed by atoms with E-state index < -0.39 is 8.32 Å². The molecule has 2 nitrogen and oxygen atoms in total. The Labute approximate surface area is 191 Å². The number of ether oxygens (including phenoxy) is 1. The second-order valence-corrected chi connectivity index (χ2v) is 16.9. The second kappa shape index (κ2) is 8.80. The first-order valence-electron chi connectivity index (χ1n) is 12.9. The van der Waals surface area contributed by atoms with Crippen LogP contribution in [0.25, 0.3) is 0 Å². The van der Waals surface area contributed by atoms with Crippen molar-refractivity contribution in [2.75, 3.05) is 0 Å². The van der Waals surface area contributed by atoms with Gasteiger partial charge in [0.15, 0.2) is 0 Å². The van der Waals surface area contributed by atoms with Gasteiger partial charge in [-0.3, -0.25) is 0 Å². The molecule has 3 aliphatic rings. The molecule has 2 bridgehead atoms. The topological polar surface area (TPSA) is 18.5 Å². The van der Waals surface area contributed by atoms with Gasteiger partial charge < -0.3 is 9.16 Å². The molecule has 172 valence electrons. The monoisotopic (exact) mass is 440 g/mol. The zero-order valence-electron chi connectivity index (χ0n) is 20.7. The molecule has 0 aromatic heterocycles. The van der Waals surface area contributed by atoms with Crippen molar-refractivity contribution in [1.82, 2.24) is 0 Å². The van der Waals surface area contributed by atoms with Gasteiger partial charge in [-0.1, -0.05) is 96.9 Å². The molecule has 3 heteroatoms. The zero-order chi connectivity index (χ0) is 22.3. The maximum absolute atomic E-state index is 7.50. The molecule has 1 unspecified atom stereocenters. The van der Waals surface area contributed by atoms with E-state index in [9.17, 15) is 0 Å². The molecule has 1 aliphatic carbocycles. The van der Waals surface area contributed by atoms with Gasteiger partial charge in [0.1, 0.15) is 5.60 Å². The molecule has 1 aromatic carbocycles. The summed E-state index contributed by atoms with van der Waals surface area (Å²) in [6, 6.07) is 10.9. The van der Waals surface area contributed by atoms with Gasteiger partial charge in [-0.15, -0.1) is 0 Å². The van der Waals surface area contributed by atoms with Crippen LogP contribution in [0.4, 0.5) is 0 Å². The summed E-state index contributed by atoms with van der Waals surface area (Å²) in [7, 11) is -1.98. The number of hydrogen-bond donors (Lipinski definition) is 0. The van der Waals surface area contributed by atoms with Crippen LogP contribution in [-0.2, 0) is 15.6 Å².